The lowest BCUT2D eigenvalue weighted by Gasteiger charge is -2.42. The number of rotatable bonds is 6. The van der Waals surface area contributed by atoms with Crippen LogP contribution in [0.5, 0.6) is 0 Å². The molecule has 7 heteroatoms. The minimum atomic E-state index is 0. The number of halogens is 1. The Morgan fingerprint density at radius 1 is 1.11 bits per heavy atom. The Morgan fingerprint density at radius 3 is 2.54 bits per heavy atom. The minimum Gasteiger partial charge on any atom is -0.379 e. The van der Waals surface area contributed by atoms with E-state index in [2.05, 4.69) is 63.5 Å². The van der Waals surface area contributed by atoms with Gasteiger partial charge in [0.2, 0.25) is 0 Å². The maximum atomic E-state index is 5.40. The van der Waals surface area contributed by atoms with E-state index in [9.17, 15) is 0 Å². The number of nitrogens with one attached hydrogen (secondary N) is 2. The number of morpholine rings is 1. The normalized spacial score (nSPS) is 18.9. The van der Waals surface area contributed by atoms with Crippen molar-refractivity contribution in [2.75, 3.05) is 59.5 Å². The molecular formula is C21H36IN5O. The molecule has 1 aromatic rings. The van der Waals surface area contributed by atoms with E-state index in [4.69, 9.17) is 4.74 Å². The molecule has 0 bridgehead atoms. The Kier molecular flexibility index (Phi) is 9.46. The topological polar surface area (TPSA) is 52.1 Å². The fourth-order valence-corrected chi connectivity index (χ4v) is 3.80. The quantitative estimate of drug-likeness (QED) is 0.355. The van der Waals surface area contributed by atoms with Gasteiger partial charge >= 0.3 is 0 Å². The second-order valence-corrected chi connectivity index (χ2v) is 8.06. The first-order chi connectivity index (χ1) is 13.1. The van der Waals surface area contributed by atoms with Crippen molar-refractivity contribution >= 4 is 29.9 Å². The molecule has 0 atom stereocenters. The van der Waals surface area contributed by atoms with Crippen molar-refractivity contribution in [3.8, 4) is 0 Å². The zero-order chi connectivity index (χ0) is 19.1. The van der Waals surface area contributed by atoms with E-state index in [0.29, 0.717) is 0 Å². The predicted molar refractivity (Wildman–Crippen MR) is 127 cm³/mol. The van der Waals surface area contributed by atoms with E-state index in [0.717, 1.165) is 71.4 Å². The molecule has 1 fully saturated rings. The Hall–Kier alpha value is -0.900. The molecule has 6 nitrogen and oxygen atoms in total. The lowest BCUT2D eigenvalue weighted by Crippen LogP contribution is -2.55. The summed E-state index contributed by atoms with van der Waals surface area (Å²) in [5.41, 5.74) is 3.03. The molecular weight excluding hydrogens is 465 g/mol. The molecule has 0 spiro atoms. The third-order valence-corrected chi connectivity index (χ3v) is 5.72. The van der Waals surface area contributed by atoms with E-state index in [1.165, 1.54) is 11.1 Å². The van der Waals surface area contributed by atoms with Gasteiger partial charge in [-0.2, -0.15) is 0 Å². The van der Waals surface area contributed by atoms with Gasteiger partial charge < -0.3 is 15.4 Å². The largest absolute Gasteiger partial charge is 0.379 e. The minimum absolute atomic E-state index is 0. The van der Waals surface area contributed by atoms with E-state index >= 15 is 0 Å². The highest BCUT2D eigenvalue weighted by atomic mass is 127. The van der Waals surface area contributed by atoms with Crippen LogP contribution in [0.1, 0.15) is 25.0 Å². The Balaban J connectivity index is 0.00000280. The van der Waals surface area contributed by atoms with Crippen LogP contribution in [-0.2, 0) is 17.7 Å². The zero-order valence-corrected chi connectivity index (χ0v) is 19.9. The summed E-state index contributed by atoms with van der Waals surface area (Å²) in [4.78, 5) is 9.39. The number of aliphatic imine (C=N–C) groups is 1. The molecule has 2 aliphatic rings. The smallest absolute Gasteiger partial charge is 0.191 e. The van der Waals surface area contributed by atoms with Crippen LogP contribution in [0.25, 0.3) is 0 Å². The molecule has 2 N–H and O–H groups in total. The Labute approximate surface area is 187 Å². The van der Waals surface area contributed by atoms with Gasteiger partial charge in [0, 0.05) is 58.4 Å². The van der Waals surface area contributed by atoms with Crippen molar-refractivity contribution in [3.63, 3.8) is 0 Å². The molecule has 0 saturated carbocycles. The van der Waals surface area contributed by atoms with E-state index in [1.54, 1.807) is 0 Å². The molecule has 2 aliphatic heterocycles. The average Bonchev–Trinajstić information content (AvgIpc) is 2.71. The third-order valence-electron chi connectivity index (χ3n) is 5.72. The number of ether oxygens (including phenoxy) is 1. The van der Waals surface area contributed by atoms with Crippen LogP contribution in [0.15, 0.2) is 29.3 Å². The summed E-state index contributed by atoms with van der Waals surface area (Å²) in [6.07, 6.45) is 1.13. The van der Waals surface area contributed by atoms with Crippen LogP contribution in [0, 0.1) is 0 Å². The highest BCUT2D eigenvalue weighted by Crippen LogP contribution is 2.24. The molecule has 0 aliphatic carbocycles. The first-order valence-electron chi connectivity index (χ1n) is 10.1. The summed E-state index contributed by atoms with van der Waals surface area (Å²) in [5.74, 6) is 0.883. The number of hydrogen-bond acceptors (Lipinski definition) is 4. The molecule has 0 amide bonds. The van der Waals surface area contributed by atoms with E-state index < -0.39 is 0 Å². The molecule has 0 unspecified atom stereocenters. The average molecular weight is 501 g/mol. The summed E-state index contributed by atoms with van der Waals surface area (Å²) in [6.45, 7) is 13.3. The van der Waals surface area contributed by atoms with Gasteiger partial charge in [-0.05, 0) is 31.4 Å². The van der Waals surface area contributed by atoms with Crippen LogP contribution >= 0.6 is 24.0 Å². The van der Waals surface area contributed by atoms with Crippen LogP contribution < -0.4 is 10.6 Å². The number of hydrogen-bond donors (Lipinski definition) is 2. The second-order valence-electron chi connectivity index (χ2n) is 8.06. The monoisotopic (exact) mass is 501 g/mol. The predicted octanol–water partition coefficient (Wildman–Crippen LogP) is 1.94. The van der Waals surface area contributed by atoms with Crippen molar-refractivity contribution in [2.45, 2.75) is 32.4 Å². The first kappa shape index (κ1) is 23.4. The molecule has 158 valence electrons. The molecule has 0 radical (unpaired) electrons. The molecule has 28 heavy (non-hydrogen) atoms. The fourth-order valence-electron chi connectivity index (χ4n) is 3.80. The summed E-state index contributed by atoms with van der Waals surface area (Å²) < 4.78 is 5.40. The summed E-state index contributed by atoms with van der Waals surface area (Å²) in [7, 11) is 1.84. The maximum absolute atomic E-state index is 5.40. The standard InChI is InChI=1S/C21H35N5O.HI/c1-21(2,26-10-8-18-6-4-5-7-19(18)16-26)17-24-20(22-3)23-9-11-25-12-14-27-15-13-25;/h4-7H,8-17H2,1-3H3,(H2,22,23,24);1H. The third kappa shape index (κ3) is 6.57. The Bertz CT molecular complexity index is 631. The van der Waals surface area contributed by atoms with Crippen molar-refractivity contribution in [1.29, 1.82) is 0 Å². The van der Waals surface area contributed by atoms with Gasteiger partial charge in [0.15, 0.2) is 5.96 Å². The van der Waals surface area contributed by atoms with Gasteiger partial charge in [0.05, 0.1) is 13.2 Å². The van der Waals surface area contributed by atoms with Crippen molar-refractivity contribution in [2.24, 2.45) is 4.99 Å². The van der Waals surface area contributed by atoms with Crippen molar-refractivity contribution in [3.05, 3.63) is 35.4 Å². The van der Waals surface area contributed by atoms with E-state index in [-0.39, 0.29) is 29.5 Å². The number of benzene rings is 1. The van der Waals surface area contributed by atoms with Crippen LogP contribution in [0.2, 0.25) is 0 Å². The molecule has 1 aromatic carbocycles. The second kappa shape index (κ2) is 11.3. The van der Waals surface area contributed by atoms with Crippen LogP contribution in [-0.4, -0.2) is 80.8 Å². The number of nitrogens with zero attached hydrogens (tertiary/aromatic N) is 3. The van der Waals surface area contributed by atoms with Crippen LogP contribution in [0.4, 0.5) is 0 Å². The van der Waals surface area contributed by atoms with Gasteiger partial charge in [-0.25, -0.2) is 0 Å². The zero-order valence-electron chi connectivity index (χ0n) is 17.5. The molecule has 3 rings (SSSR count). The van der Waals surface area contributed by atoms with Crippen LogP contribution in [0.3, 0.4) is 0 Å². The van der Waals surface area contributed by atoms with Crippen molar-refractivity contribution < 1.29 is 4.74 Å². The fraction of sp³-hybridized carbons (Fsp3) is 0.667. The highest BCUT2D eigenvalue weighted by molar-refractivity contribution is 14.0. The van der Waals surface area contributed by atoms with Gasteiger partial charge in [0.1, 0.15) is 0 Å². The molecule has 2 heterocycles. The van der Waals surface area contributed by atoms with Crippen molar-refractivity contribution in [1.82, 2.24) is 20.4 Å². The van der Waals surface area contributed by atoms with Gasteiger partial charge in [-0.1, -0.05) is 24.3 Å². The summed E-state index contributed by atoms with van der Waals surface area (Å²) in [6, 6.07) is 8.82. The highest BCUT2D eigenvalue weighted by Gasteiger charge is 2.29. The van der Waals surface area contributed by atoms with Gasteiger partial charge in [-0.15, -0.1) is 24.0 Å². The number of guanidine groups is 1. The van der Waals surface area contributed by atoms with Gasteiger partial charge in [-0.3, -0.25) is 14.8 Å². The maximum Gasteiger partial charge on any atom is 0.191 e. The summed E-state index contributed by atoms with van der Waals surface area (Å²) in [5, 5.41) is 6.97. The Morgan fingerprint density at radius 2 is 1.82 bits per heavy atom. The first-order valence-corrected chi connectivity index (χ1v) is 10.1. The number of fused-ring (bicyclic) bond motifs is 1. The SMILES string of the molecule is CN=C(NCCN1CCOCC1)NCC(C)(C)N1CCc2ccccc2C1.I. The van der Waals surface area contributed by atoms with E-state index in [1.807, 2.05) is 7.05 Å². The molecule has 0 aromatic heterocycles. The summed E-state index contributed by atoms with van der Waals surface area (Å²) >= 11 is 0. The molecule has 1 saturated heterocycles. The van der Waals surface area contributed by atoms with Gasteiger partial charge in [0.25, 0.3) is 0 Å². The lowest BCUT2D eigenvalue weighted by atomic mass is 9.94. The lowest BCUT2D eigenvalue weighted by molar-refractivity contribution is 0.0389.